The minimum Gasteiger partial charge on any atom is -0.490 e. The first-order chi connectivity index (χ1) is 17.3. The van der Waals surface area contributed by atoms with E-state index >= 15 is 0 Å². The Bertz CT molecular complexity index is 1370. The van der Waals surface area contributed by atoms with Crippen molar-refractivity contribution >= 4 is 0 Å². The van der Waals surface area contributed by atoms with Crippen molar-refractivity contribution in [3.05, 3.63) is 95.1 Å². The van der Waals surface area contributed by atoms with Crippen molar-refractivity contribution in [3.8, 4) is 45.6 Å². The van der Waals surface area contributed by atoms with E-state index in [4.69, 9.17) is 18.9 Å². The van der Waals surface area contributed by atoms with Crippen LogP contribution < -0.4 is 18.9 Å². The Labute approximate surface area is 205 Å². The highest BCUT2D eigenvalue weighted by Crippen LogP contribution is 2.68. The monoisotopic (exact) mass is 462 g/mol. The van der Waals surface area contributed by atoms with Crippen LogP contribution >= 0.6 is 0 Å². The average molecular weight is 463 g/mol. The standard InChI is InChI=1S/C31H26O4/c1-3-17-32-25-15-13-23(27-29(25)34-27)31(24-14-16-26(33-18-4-2)30-28(24)35-30)21-11-7-5-9-19(21)20-10-6-8-12-22(20)31/h5-16H,3-4,17-18H2,1-2H3. The van der Waals surface area contributed by atoms with Crippen molar-refractivity contribution < 1.29 is 18.9 Å². The van der Waals surface area contributed by atoms with Crippen LogP contribution in [0, 0.1) is 0 Å². The van der Waals surface area contributed by atoms with Gasteiger partial charge in [0.2, 0.25) is 11.5 Å². The normalized spacial score (nSPS) is 14.6. The van der Waals surface area contributed by atoms with Gasteiger partial charge < -0.3 is 18.9 Å². The molecule has 0 bridgehead atoms. The molecule has 3 aliphatic rings. The zero-order valence-corrected chi connectivity index (χ0v) is 19.9. The van der Waals surface area contributed by atoms with Crippen molar-refractivity contribution in [2.75, 3.05) is 13.2 Å². The smallest absolute Gasteiger partial charge is 0.212 e. The van der Waals surface area contributed by atoms with Crippen molar-refractivity contribution in [2.45, 2.75) is 32.1 Å². The summed E-state index contributed by atoms with van der Waals surface area (Å²) in [6, 6.07) is 25.8. The Balaban J connectivity index is 1.50. The molecule has 4 heteroatoms. The van der Waals surface area contributed by atoms with Gasteiger partial charge in [0.05, 0.1) is 18.6 Å². The lowest BCUT2D eigenvalue weighted by molar-refractivity contribution is 0.314. The van der Waals surface area contributed by atoms with E-state index in [0.29, 0.717) is 13.2 Å². The summed E-state index contributed by atoms with van der Waals surface area (Å²) in [5.74, 6) is 5.15. The van der Waals surface area contributed by atoms with Crippen molar-refractivity contribution in [1.82, 2.24) is 0 Å². The number of hydrogen-bond donors (Lipinski definition) is 0. The fourth-order valence-electron chi connectivity index (χ4n) is 5.66. The Morgan fingerprint density at radius 3 is 1.46 bits per heavy atom. The predicted octanol–water partition coefficient (Wildman–Crippen LogP) is 7.84. The second-order valence-corrected chi connectivity index (χ2v) is 9.28. The minimum absolute atomic E-state index is 0.555. The van der Waals surface area contributed by atoms with E-state index in [2.05, 4.69) is 86.6 Å². The second-order valence-electron chi connectivity index (χ2n) is 9.28. The first-order valence-corrected chi connectivity index (χ1v) is 12.4. The summed E-state index contributed by atoms with van der Waals surface area (Å²) < 4.78 is 24.2. The zero-order valence-electron chi connectivity index (χ0n) is 19.9. The van der Waals surface area contributed by atoms with Crippen LogP contribution in [0.3, 0.4) is 0 Å². The van der Waals surface area contributed by atoms with E-state index in [1.54, 1.807) is 0 Å². The molecule has 0 N–H and O–H groups in total. The molecule has 1 aliphatic carbocycles. The molecule has 0 aromatic heterocycles. The van der Waals surface area contributed by atoms with Crippen LogP contribution in [0.2, 0.25) is 0 Å². The third-order valence-corrected chi connectivity index (χ3v) is 7.16. The van der Waals surface area contributed by atoms with Gasteiger partial charge >= 0.3 is 0 Å². The lowest BCUT2D eigenvalue weighted by atomic mass is 9.67. The number of benzene rings is 4. The molecule has 0 unspecified atom stereocenters. The summed E-state index contributed by atoms with van der Waals surface area (Å²) in [4.78, 5) is 0. The summed E-state index contributed by atoms with van der Waals surface area (Å²) in [5.41, 5.74) is 6.64. The summed E-state index contributed by atoms with van der Waals surface area (Å²) in [7, 11) is 0. The molecule has 0 saturated heterocycles. The third-order valence-electron chi connectivity index (χ3n) is 7.16. The van der Waals surface area contributed by atoms with Crippen molar-refractivity contribution in [3.63, 3.8) is 0 Å². The van der Waals surface area contributed by atoms with Gasteiger partial charge in [-0.3, -0.25) is 0 Å². The fourth-order valence-corrected chi connectivity index (χ4v) is 5.66. The van der Waals surface area contributed by atoms with E-state index < -0.39 is 5.41 Å². The first kappa shape index (κ1) is 20.5. The number of ether oxygens (including phenoxy) is 4. The molecule has 35 heavy (non-hydrogen) atoms. The van der Waals surface area contributed by atoms with Crippen LogP contribution in [0.5, 0.6) is 34.5 Å². The van der Waals surface area contributed by atoms with E-state index in [1.807, 2.05) is 0 Å². The van der Waals surface area contributed by atoms with Gasteiger partial charge in [-0.2, -0.15) is 0 Å². The highest BCUT2D eigenvalue weighted by molar-refractivity contribution is 5.90. The molecule has 0 spiro atoms. The number of hydrogen-bond acceptors (Lipinski definition) is 4. The van der Waals surface area contributed by atoms with E-state index in [1.165, 1.54) is 22.3 Å². The molecule has 4 aromatic rings. The zero-order chi connectivity index (χ0) is 23.6. The van der Waals surface area contributed by atoms with Crippen LogP contribution in [-0.2, 0) is 5.41 Å². The predicted molar refractivity (Wildman–Crippen MR) is 135 cm³/mol. The van der Waals surface area contributed by atoms with Crippen LogP contribution in [0.25, 0.3) is 11.1 Å². The van der Waals surface area contributed by atoms with Gasteiger partial charge in [0.25, 0.3) is 0 Å². The largest absolute Gasteiger partial charge is 0.490 e. The molecule has 174 valence electrons. The minimum atomic E-state index is -0.555. The third kappa shape index (κ3) is 2.80. The number of rotatable bonds is 8. The second kappa shape index (κ2) is 7.54. The van der Waals surface area contributed by atoms with Gasteiger partial charge in [0.15, 0.2) is 23.0 Å². The molecule has 0 amide bonds. The molecule has 0 radical (unpaired) electrons. The summed E-state index contributed by atoms with van der Waals surface area (Å²) in [6.07, 6.45) is 1.91. The van der Waals surface area contributed by atoms with Gasteiger partial charge in [-0.25, -0.2) is 0 Å². The van der Waals surface area contributed by atoms with Gasteiger partial charge in [-0.15, -0.1) is 0 Å². The average Bonchev–Trinajstić information content (AvgIpc) is 3.82. The molecule has 4 aromatic carbocycles. The Morgan fingerprint density at radius 1 is 0.543 bits per heavy atom. The van der Waals surface area contributed by atoms with Gasteiger partial charge in [0, 0.05) is 11.1 Å². The molecular formula is C31H26O4. The van der Waals surface area contributed by atoms with Crippen molar-refractivity contribution in [2.24, 2.45) is 0 Å². The van der Waals surface area contributed by atoms with Crippen LogP contribution in [0.1, 0.15) is 48.9 Å². The van der Waals surface area contributed by atoms with Gasteiger partial charge in [-0.1, -0.05) is 62.4 Å². The maximum absolute atomic E-state index is 6.13. The van der Waals surface area contributed by atoms with Gasteiger partial charge in [-0.05, 0) is 59.4 Å². The Hall–Kier alpha value is -3.92. The van der Waals surface area contributed by atoms with E-state index in [-0.39, 0.29) is 0 Å². The maximum atomic E-state index is 6.13. The summed E-state index contributed by atoms with van der Waals surface area (Å²) in [5, 5.41) is 0. The molecule has 0 saturated carbocycles. The highest BCUT2D eigenvalue weighted by atomic mass is 16.6. The topological polar surface area (TPSA) is 43.5 Å². The van der Waals surface area contributed by atoms with Crippen LogP contribution in [0.4, 0.5) is 0 Å². The molecular weight excluding hydrogens is 436 g/mol. The number of fused-ring (bicyclic) bond motifs is 5. The van der Waals surface area contributed by atoms with Crippen molar-refractivity contribution in [1.29, 1.82) is 0 Å². The summed E-state index contributed by atoms with van der Waals surface area (Å²) >= 11 is 0. The van der Waals surface area contributed by atoms with Gasteiger partial charge in [0.1, 0.15) is 0 Å². The molecule has 4 nitrogen and oxygen atoms in total. The van der Waals surface area contributed by atoms with Crippen LogP contribution in [0.15, 0.2) is 72.8 Å². The quantitative estimate of drug-likeness (QED) is 0.216. The summed E-state index contributed by atoms with van der Waals surface area (Å²) in [6.45, 7) is 5.56. The molecule has 7 rings (SSSR count). The SMILES string of the molecule is CCCOc1ccc(C2(c3ccc(OCCC)c4c3O4)c3ccccc3-c3ccccc32)c2c1O2. The lowest BCUT2D eigenvalue weighted by Crippen LogP contribution is -2.27. The Morgan fingerprint density at radius 2 is 1.00 bits per heavy atom. The van der Waals surface area contributed by atoms with E-state index in [9.17, 15) is 0 Å². The molecule has 0 fully saturated rings. The first-order valence-electron chi connectivity index (χ1n) is 12.4. The highest BCUT2D eigenvalue weighted by Gasteiger charge is 2.54. The van der Waals surface area contributed by atoms with Crippen LogP contribution in [-0.4, -0.2) is 13.2 Å². The molecule has 2 aliphatic heterocycles. The lowest BCUT2D eigenvalue weighted by Gasteiger charge is -2.32. The molecule has 2 heterocycles. The Kier molecular flexibility index (Phi) is 4.41. The van der Waals surface area contributed by atoms with E-state index in [0.717, 1.165) is 58.5 Å². The molecule has 0 atom stereocenters. The fraction of sp³-hybridized carbons (Fsp3) is 0.226. The maximum Gasteiger partial charge on any atom is 0.212 e.